The second-order valence-electron chi connectivity index (χ2n) is 9.63. The molecule has 0 saturated heterocycles. The van der Waals surface area contributed by atoms with E-state index >= 15 is 0 Å². The van der Waals surface area contributed by atoms with Gasteiger partial charge in [-0.2, -0.15) is 0 Å². The first-order valence-corrected chi connectivity index (χ1v) is 14.5. The van der Waals surface area contributed by atoms with Gasteiger partial charge in [0.15, 0.2) is 0 Å². The van der Waals surface area contributed by atoms with Gasteiger partial charge in [0.1, 0.15) is 24.2 Å². The standard InChI is InChI=1S/C30H36FN3O5S/c1-6-22(3)32-30(36)23(4)33(19-24-9-7-8-10-28(24)31)29(35)20-34(25-13-15-26(39-5)16-14-25)40(37,38)27-17-11-21(2)12-18-27/h7-18,22-23H,6,19-20H2,1-5H3,(H,32,36). The first-order chi connectivity index (χ1) is 19.0. The van der Waals surface area contributed by atoms with Crippen molar-refractivity contribution in [1.82, 2.24) is 10.2 Å². The highest BCUT2D eigenvalue weighted by Crippen LogP contribution is 2.27. The molecule has 2 amide bonds. The minimum absolute atomic E-state index is 0.00457. The van der Waals surface area contributed by atoms with Crippen LogP contribution < -0.4 is 14.4 Å². The maximum Gasteiger partial charge on any atom is 0.264 e. The van der Waals surface area contributed by atoms with Crippen molar-refractivity contribution in [3.05, 3.63) is 89.7 Å². The van der Waals surface area contributed by atoms with Gasteiger partial charge in [-0.15, -0.1) is 0 Å². The van der Waals surface area contributed by atoms with E-state index in [9.17, 15) is 22.4 Å². The van der Waals surface area contributed by atoms with E-state index in [2.05, 4.69) is 5.32 Å². The number of halogens is 1. The molecular weight excluding hydrogens is 533 g/mol. The van der Waals surface area contributed by atoms with Crippen molar-refractivity contribution in [3.8, 4) is 5.75 Å². The maximum atomic E-state index is 14.6. The van der Waals surface area contributed by atoms with Crippen molar-refractivity contribution in [2.75, 3.05) is 18.0 Å². The summed E-state index contributed by atoms with van der Waals surface area (Å²) in [5, 5.41) is 2.85. The summed E-state index contributed by atoms with van der Waals surface area (Å²) in [6, 6.07) is 17.4. The number of carbonyl (C=O) groups is 2. The highest BCUT2D eigenvalue weighted by atomic mass is 32.2. The van der Waals surface area contributed by atoms with Crippen LogP contribution in [0.25, 0.3) is 0 Å². The zero-order chi connectivity index (χ0) is 29.4. The Morgan fingerprint density at radius 1 is 0.975 bits per heavy atom. The first-order valence-electron chi connectivity index (χ1n) is 13.0. The maximum absolute atomic E-state index is 14.6. The lowest BCUT2D eigenvalue weighted by atomic mass is 10.1. The van der Waals surface area contributed by atoms with Crippen molar-refractivity contribution >= 4 is 27.5 Å². The van der Waals surface area contributed by atoms with E-state index in [4.69, 9.17) is 4.74 Å². The van der Waals surface area contributed by atoms with Crippen LogP contribution in [0.3, 0.4) is 0 Å². The number of hydrogen-bond acceptors (Lipinski definition) is 5. The van der Waals surface area contributed by atoms with Gasteiger partial charge in [0, 0.05) is 18.2 Å². The van der Waals surface area contributed by atoms with Gasteiger partial charge in [-0.05, 0) is 69.7 Å². The number of aryl methyl sites for hydroxylation is 1. The molecule has 0 saturated carbocycles. The molecule has 0 bridgehead atoms. The van der Waals surface area contributed by atoms with E-state index in [-0.39, 0.29) is 28.7 Å². The normalized spacial score (nSPS) is 12.8. The Bertz CT molecular complexity index is 1410. The number of anilines is 1. The topological polar surface area (TPSA) is 96.0 Å². The largest absolute Gasteiger partial charge is 0.497 e. The average molecular weight is 570 g/mol. The van der Waals surface area contributed by atoms with Gasteiger partial charge < -0.3 is 15.0 Å². The SMILES string of the molecule is CCC(C)NC(=O)C(C)N(Cc1ccccc1F)C(=O)CN(c1ccc(OC)cc1)S(=O)(=O)c1ccc(C)cc1. The predicted octanol–water partition coefficient (Wildman–Crippen LogP) is 4.67. The second kappa shape index (κ2) is 13.4. The van der Waals surface area contributed by atoms with E-state index in [0.717, 1.165) is 9.87 Å². The molecular formula is C30H36FN3O5S. The zero-order valence-electron chi connectivity index (χ0n) is 23.4. The Morgan fingerprint density at radius 3 is 2.17 bits per heavy atom. The minimum atomic E-state index is -4.20. The summed E-state index contributed by atoms with van der Waals surface area (Å²) < 4.78 is 48.5. The van der Waals surface area contributed by atoms with Gasteiger partial charge in [0.2, 0.25) is 11.8 Å². The molecule has 8 nitrogen and oxygen atoms in total. The molecule has 0 heterocycles. The Kier molecular flexibility index (Phi) is 10.3. The monoisotopic (exact) mass is 569 g/mol. The molecule has 2 unspecified atom stereocenters. The Hall–Kier alpha value is -3.92. The molecule has 0 fully saturated rings. The number of nitrogens with one attached hydrogen (secondary N) is 1. The van der Waals surface area contributed by atoms with Crippen molar-refractivity contribution < 1.29 is 27.1 Å². The van der Waals surface area contributed by atoms with Crippen LogP contribution in [0.1, 0.15) is 38.3 Å². The predicted molar refractivity (Wildman–Crippen MR) is 153 cm³/mol. The highest BCUT2D eigenvalue weighted by molar-refractivity contribution is 7.92. The lowest BCUT2D eigenvalue weighted by Crippen LogP contribution is -2.52. The molecule has 0 aliphatic heterocycles. The average Bonchev–Trinajstić information content (AvgIpc) is 2.95. The summed E-state index contributed by atoms with van der Waals surface area (Å²) in [6.07, 6.45) is 0.680. The Balaban J connectivity index is 2.04. The van der Waals surface area contributed by atoms with E-state index < -0.39 is 40.2 Å². The van der Waals surface area contributed by atoms with Crippen molar-refractivity contribution in [1.29, 1.82) is 0 Å². The van der Waals surface area contributed by atoms with Crippen LogP contribution in [-0.4, -0.2) is 50.9 Å². The van der Waals surface area contributed by atoms with E-state index in [1.54, 1.807) is 37.3 Å². The van der Waals surface area contributed by atoms with Crippen LogP contribution in [0.4, 0.5) is 10.1 Å². The fourth-order valence-corrected chi connectivity index (χ4v) is 5.39. The number of carbonyl (C=O) groups excluding carboxylic acids is 2. The smallest absolute Gasteiger partial charge is 0.264 e. The molecule has 40 heavy (non-hydrogen) atoms. The molecule has 1 N–H and O–H groups in total. The van der Waals surface area contributed by atoms with E-state index in [0.29, 0.717) is 12.2 Å². The van der Waals surface area contributed by atoms with E-state index in [1.807, 2.05) is 20.8 Å². The molecule has 0 aliphatic carbocycles. The molecule has 3 aromatic rings. The molecule has 0 aliphatic rings. The van der Waals surface area contributed by atoms with Gasteiger partial charge in [0.25, 0.3) is 10.0 Å². The quantitative estimate of drug-likeness (QED) is 0.342. The van der Waals surface area contributed by atoms with Crippen LogP contribution >= 0.6 is 0 Å². The van der Waals surface area contributed by atoms with Gasteiger partial charge in [-0.1, -0.05) is 42.8 Å². The molecule has 0 spiro atoms. The second-order valence-corrected chi connectivity index (χ2v) is 11.5. The number of methoxy groups -OCH3 is 1. The third-order valence-corrected chi connectivity index (χ3v) is 8.50. The number of rotatable bonds is 12. The third kappa shape index (κ3) is 7.38. The van der Waals surface area contributed by atoms with Crippen LogP contribution in [0, 0.1) is 12.7 Å². The molecule has 3 rings (SSSR count). The van der Waals surface area contributed by atoms with Crippen LogP contribution in [0.5, 0.6) is 5.75 Å². The van der Waals surface area contributed by atoms with Crippen LogP contribution in [-0.2, 0) is 26.2 Å². The number of sulfonamides is 1. The van der Waals surface area contributed by atoms with Crippen molar-refractivity contribution in [2.45, 2.75) is 57.6 Å². The van der Waals surface area contributed by atoms with Gasteiger partial charge in [-0.3, -0.25) is 13.9 Å². The Morgan fingerprint density at radius 2 is 1.60 bits per heavy atom. The fourth-order valence-electron chi connectivity index (χ4n) is 3.97. The molecule has 10 heteroatoms. The molecule has 214 valence electrons. The summed E-state index contributed by atoms with van der Waals surface area (Å²) in [7, 11) is -2.71. The summed E-state index contributed by atoms with van der Waals surface area (Å²) in [5.41, 5.74) is 1.32. The van der Waals surface area contributed by atoms with Crippen LogP contribution in [0.15, 0.2) is 77.7 Å². The lowest BCUT2D eigenvalue weighted by molar-refractivity contribution is -0.139. The minimum Gasteiger partial charge on any atom is -0.497 e. The highest BCUT2D eigenvalue weighted by Gasteiger charge is 2.33. The van der Waals surface area contributed by atoms with Crippen LogP contribution in [0.2, 0.25) is 0 Å². The third-order valence-electron chi connectivity index (χ3n) is 6.72. The van der Waals surface area contributed by atoms with Gasteiger partial charge in [-0.25, -0.2) is 12.8 Å². The summed E-state index contributed by atoms with van der Waals surface area (Å²) in [5.74, 6) is -1.11. The molecule has 2 atom stereocenters. The fraction of sp³-hybridized carbons (Fsp3) is 0.333. The molecule has 0 aromatic heterocycles. The number of amides is 2. The zero-order valence-corrected chi connectivity index (χ0v) is 24.2. The van der Waals surface area contributed by atoms with Crippen molar-refractivity contribution in [2.24, 2.45) is 0 Å². The number of hydrogen-bond donors (Lipinski definition) is 1. The molecule has 3 aromatic carbocycles. The Labute approximate surface area is 235 Å². The van der Waals surface area contributed by atoms with E-state index in [1.165, 1.54) is 54.5 Å². The van der Waals surface area contributed by atoms with Gasteiger partial charge in [0.05, 0.1) is 17.7 Å². The first kappa shape index (κ1) is 30.6. The number of benzene rings is 3. The number of ether oxygens (including phenoxy) is 1. The lowest BCUT2D eigenvalue weighted by Gasteiger charge is -2.32. The van der Waals surface area contributed by atoms with Gasteiger partial charge >= 0.3 is 0 Å². The number of nitrogens with zero attached hydrogens (tertiary/aromatic N) is 2. The summed E-state index contributed by atoms with van der Waals surface area (Å²) in [6.45, 7) is 6.31. The summed E-state index contributed by atoms with van der Waals surface area (Å²) in [4.78, 5) is 28.2. The van der Waals surface area contributed by atoms with Crippen molar-refractivity contribution in [3.63, 3.8) is 0 Å². The summed E-state index contributed by atoms with van der Waals surface area (Å²) >= 11 is 0. The molecule has 0 radical (unpaired) electrons.